The van der Waals surface area contributed by atoms with Gasteiger partial charge in [-0.05, 0) is 34.4 Å². The van der Waals surface area contributed by atoms with Crippen molar-refractivity contribution in [3.05, 3.63) is 77.1 Å². The van der Waals surface area contributed by atoms with Crippen molar-refractivity contribution in [1.29, 1.82) is 0 Å². The molecule has 3 aromatic heterocycles. The van der Waals surface area contributed by atoms with Crippen molar-refractivity contribution in [3.8, 4) is 10.6 Å². The van der Waals surface area contributed by atoms with Crippen molar-refractivity contribution in [2.24, 2.45) is 0 Å². The van der Waals surface area contributed by atoms with Crippen LogP contribution < -0.4 is 5.32 Å². The number of aryl methyl sites for hydroxylation is 1. The highest BCUT2D eigenvalue weighted by atomic mass is 32.2. The lowest BCUT2D eigenvalue weighted by molar-refractivity contribution is -0.116. The maximum Gasteiger partial charge on any atom is 0.227 e. The summed E-state index contributed by atoms with van der Waals surface area (Å²) < 4.78 is 6.27. The molecule has 5 aromatic rings. The molecule has 0 saturated carbocycles. The van der Waals surface area contributed by atoms with E-state index >= 15 is 0 Å². The molecule has 0 aliphatic heterocycles. The van der Waals surface area contributed by atoms with Gasteiger partial charge in [0.1, 0.15) is 0 Å². The summed E-state index contributed by atoms with van der Waals surface area (Å²) in [7, 11) is 0. The van der Waals surface area contributed by atoms with E-state index in [0.29, 0.717) is 23.9 Å². The Morgan fingerprint density at radius 3 is 2.81 bits per heavy atom. The summed E-state index contributed by atoms with van der Waals surface area (Å²) in [5.74, 6) is 1.56. The molecule has 1 N–H and O–H groups in total. The molecule has 5 rings (SSSR count). The molecule has 0 unspecified atom stereocenters. The Labute approximate surface area is 196 Å². The molecular weight excluding hydrogens is 460 g/mol. The molecule has 0 radical (unpaired) electrons. The van der Waals surface area contributed by atoms with Gasteiger partial charge in [-0.25, -0.2) is 4.98 Å². The third-order valence-electron chi connectivity index (χ3n) is 4.69. The van der Waals surface area contributed by atoms with Gasteiger partial charge in [-0.1, -0.05) is 53.3 Å². The van der Waals surface area contributed by atoms with Crippen LogP contribution in [0.25, 0.3) is 21.3 Å². The number of aromatic nitrogens is 3. The predicted octanol–water partition coefficient (Wildman–Crippen LogP) is 6.27. The molecule has 0 fully saturated rings. The first kappa shape index (κ1) is 20.9. The Morgan fingerprint density at radius 2 is 1.94 bits per heavy atom. The molecule has 0 aliphatic rings. The quantitative estimate of drug-likeness (QED) is 0.265. The number of hydrogen-bond acceptors (Lipinski definition) is 8. The second kappa shape index (κ2) is 9.64. The minimum Gasteiger partial charge on any atom is -0.339 e. The number of thiophene rings is 1. The fourth-order valence-corrected chi connectivity index (χ4v) is 5.58. The number of nitrogens with zero attached hydrogens (tertiary/aromatic N) is 3. The van der Waals surface area contributed by atoms with Crippen LogP contribution >= 0.6 is 34.4 Å². The maximum atomic E-state index is 12.3. The molecule has 160 valence electrons. The number of thiazole rings is 1. The molecule has 0 saturated heterocycles. The molecule has 6 nitrogen and oxygen atoms in total. The molecule has 0 aliphatic carbocycles. The Hall–Kier alpha value is -3.01. The highest BCUT2D eigenvalue weighted by molar-refractivity contribution is 8.00. The van der Waals surface area contributed by atoms with Gasteiger partial charge in [0.05, 0.1) is 16.3 Å². The lowest BCUT2D eigenvalue weighted by Crippen LogP contribution is -2.12. The summed E-state index contributed by atoms with van der Waals surface area (Å²) in [4.78, 5) is 22.5. The average molecular weight is 479 g/mol. The Morgan fingerprint density at radius 1 is 1.03 bits per heavy atom. The molecule has 3 heterocycles. The van der Waals surface area contributed by atoms with E-state index in [4.69, 9.17) is 4.52 Å². The van der Waals surface area contributed by atoms with E-state index in [-0.39, 0.29) is 12.3 Å². The number of hydrogen-bond donors (Lipinski definition) is 1. The second-order valence-electron chi connectivity index (χ2n) is 6.98. The van der Waals surface area contributed by atoms with Crippen LogP contribution in [0.15, 0.2) is 74.2 Å². The Balaban J connectivity index is 1.11. The van der Waals surface area contributed by atoms with Crippen LogP contribution in [0.1, 0.15) is 18.1 Å². The maximum absolute atomic E-state index is 12.3. The van der Waals surface area contributed by atoms with Gasteiger partial charge >= 0.3 is 0 Å². The zero-order valence-corrected chi connectivity index (χ0v) is 19.3. The predicted molar refractivity (Wildman–Crippen MR) is 130 cm³/mol. The zero-order valence-electron chi connectivity index (χ0n) is 16.9. The minimum atomic E-state index is -0.0849. The molecule has 32 heavy (non-hydrogen) atoms. The zero-order chi connectivity index (χ0) is 21.8. The minimum absolute atomic E-state index is 0.0849. The van der Waals surface area contributed by atoms with E-state index in [0.717, 1.165) is 31.4 Å². The lowest BCUT2D eigenvalue weighted by Gasteiger charge is -2.05. The number of anilines is 1. The highest BCUT2D eigenvalue weighted by Gasteiger charge is 2.12. The van der Waals surface area contributed by atoms with Crippen molar-refractivity contribution < 1.29 is 9.32 Å². The first-order valence-electron chi connectivity index (χ1n) is 9.95. The summed E-state index contributed by atoms with van der Waals surface area (Å²) in [5.41, 5.74) is 1.78. The number of thioether (sulfide) groups is 1. The van der Waals surface area contributed by atoms with E-state index in [1.807, 2.05) is 53.9 Å². The second-order valence-corrected chi connectivity index (χ2v) is 10.0. The van der Waals surface area contributed by atoms with Gasteiger partial charge in [0.25, 0.3) is 0 Å². The van der Waals surface area contributed by atoms with Crippen molar-refractivity contribution in [1.82, 2.24) is 15.1 Å². The Kier molecular flexibility index (Phi) is 6.29. The van der Waals surface area contributed by atoms with Gasteiger partial charge in [-0.3, -0.25) is 4.79 Å². The van der Waals surface area contributed by atoms with Crippen LogP contribution in [0.4, 0.5) is 5.69 Å². The lowest BCUT2D eigenvalue weighted by atomic mass is 10.1. The first-order chi connectivity index (χ1) is 15.7. The molecule has 0 bridgehead atoms. The summed E-state index contributed by atoms with van der Waals surface area (Å²) in [6.07, 6.45) is 0.676. The average Bonchev–Trinajstić information content (AvgIpc) is 3.58. The van der Waals surface area contributed by atoms with E-state index in [9.17, 15) is 4.79 Å². The summed E-state index contributed by atoms with van der Waals surface area (Å²) in [5, 5.41) is 13.3. The number of nitrogens with one attached hydrogen (secondary N) is 1. The number of carbonyl (C=O) groups is 1. The van der Waals surface area contributed by atoms with Gasteiger partial charge in [0.2, 0.25) is 11.8 Å². The van der Waals surface area contributed by atoms with Crippen LogP contribution in [0.2, 0.25) is 0 Å². The molecule has 0 spiro atoms. The molecule has 9 heteroatoms. The fourth-order valence-electron chi connectivity index (χ4n) is 3.15. The third-order valence-corrected chi connectivity index (χ3v) is 7.60. The van der Waals surface area contributed by atoms with Crippen molar-refractivity contribution >= 4 is 56.8 Å². The largest absolute Gasteiger partial charge is 0.339 e. The van der Waals surface area contributed by atoms with E-state index in [1.54, 1.807) is 34.4 Å². The standard InChI is InChI=1S/C23H18N4O2S3/c28-21(24-17-8-7-15-4-1-2-5-16(15)12-17)9-10-22-26-20(27-29-22)14-32-23-25-18(13-31-23)19-6-3-11-30-19/h1-8,11-13H,9-10,14H2,(H,24,28). The van der Waals surface area contributed by atoms with Crippen LogP contribution in [0.3, 0.4) is 0 Å². The van der Waals surface area contributed by atoms with Crippen molar-refractivity contribution in [2.45, 2.75) is 22.9 Å². The van der Waals surface area contributed by atoms with E-state index in [2.05, 4.69) is 31.9 Å². The number of rotatable bonds is 8. The Bertz CT molecular complexity index is 1340. The smallest absolute Gasteiger partial charge is 0.227 e. The number of carbonyl (C=O) groups excluding carboxylic acids is 1. The summed E-state index contributed by atoms with van der Waals surface area (Å²) >= 11 is 4.87. The molecule has 2 aromatic carbocycles. The summed E-state index contributed by atoms with van der Waals surface area (Å²) in [6, 6.07) is 18.0. The number of fused-ring (bicyclic) bond motifs is 1. The highest BCUT2D eigenvalue weighted by Crippen LogP contribution is 2.31. The third kappa shape index (κ3) is 5.07. The molecular formula is C23H18N4O2S3. The van der Waals surface area contributed by atoms with Gasteiger partial charge in [-0.15, -0.1) is 22.7 Å². The normalized spacial score (nSPS) is 11.1. The van der Waals surface area contributed by atoms with Gasteiger partial charge < -0.3 is 9.84 Å². The fraction of sp³-hybridized carbons (Fsp3) is 0.130. The SMILES string of the molecule is O=C(CCc1nc(CSc2nc(-c3cccs3)cs2)no1)Nc1ccc2ccccc2c1. The number of amides is 1. The van der Waals surface area contributed by atoms with Crippen LogP contribution in [0.5, 0.6) is 0 Å². The topological polar surface area (TPSA) is 80.9 Å². The molecule has 1 amide bonds. The van der Waals surface area contributed by atoms with Crippen LogP contribution in [-0.4, -0.2) is 21.0 Å². The van der Waals surface area contributed by atoms with Crippen LogP contribution in [-0.2, 0) is 17.0 Å². The van der Waals surface area contributed by atoms with E-state index in [1.165, 1.54) is 0 Å². The van der Waals surface area contributed by atoms with Crippen molar-refractivity contribution in [3.63, 3.8) is 0 Å². The first-order valence-corrected chi connectivity index (χ1v) is 12.7. The van der Waals surface area contributed by atoms with E-state index < -0.39 is 0 Å². The molecule has 0 atom stereocenters. The van der Waals surface area contributed by atoms with Gasteiger partial charge in [0, 0.05) is 23.9 Å². The number of benzene rings is 2. The van der Waals surface area contributed by atoms with Gasteiger partial charge in [-0.2, -0.15) is 4.98 Å². The van der Waals surface area contributed by atoms with Crippen LogP contribution in [0, 0.1) is 0 Å². The van der Waals surface area contributed by atoms with Gasteiger partial charge in [0.15, 0.2) is 10.2 Å². The van der Waals surface area contributed by atoms with Crippen molar-refractivity contribution in [2.75, 3.05) is 5.32 Å². The summed E-state index contributed by atoms with van der Waals surface area (Å²) in [6.45, 7) is 0. The monoisotopic (exact) mass is 478 g/mol.